The molecule has 47 heavy (non-hydrogen) atoms. The smallest absolute Gasteiger partial charge is 0.123 e. The number of rotatable bonds is 34. The Labute approximate surface area is 292 Å². The van der Waals surface area contributed by atoms with Gasteiger partial charge >= 0.3 is 0 Å². The maximum absolute atomic E-state index is 9.47. The second-order valence-electron chi connectivity index (χ2n) is 13.2. The molecule has 0 aliphatic heterocycles. The van der Waals surface area contributed by atoms with E-state index in [0.29, 0.717) is 6.42 Å². The summed E-state index contributed by atoms with van der Waals surface area (Å²) in [7, 11) is 0. The highest BCUT2D eigenvalue weighted by Crippen LogP contribution is 2.24. The van der Waals surface area contributed by atoms with E-state index in [1.165, 1.54) is 128 Å². The predicted octanol–water partition coefficient (Wildman–Crippen LogP) is 13.6. The van der Waals surface area contributed by atoms with Gasteiger partial charge in [-0.1, -0.05) is 140 Å². The van der Waals surface area contributed by atoms with Crippen LogP contribution in [0.3, 0.4) is 0 Å². The van der Waals surface area contributed by atoms with Crippen molar-refractivity contribution in [3.8, 4) is 11.5 Å². The van der Waals surface area contributed by atoms with E-state index in [4.69, 9.17) is 9.47 Å². The van der Waals surface area contributed by atoms with E-state index in [0.717, 1.165) is 56.0 Å². The first-order valence-corrected chi connectivity index (χ1v) is 19.9. The first-order valence-electron chi connectivity index (χ1n) is 19.9. The Morgan fingerprint density at radius 1 is 0.447 bits per heavy atom. The number of allylic oxidation sites excluding steroid dienone is 8. The lowest BCUT2D eigenvalue weighted by Gasteiger charge is -2.12. The molecule has 0 fully saturated rings. The number of aliphatic hydroxyl groups is 1. The molecule has 0 heterocycles. The van der Waals surface area contributed by atoms with Crippen molar-refractivity contribution in [3.05, 3.63) is 72.4 Å². The number of unbranched alkanes of at least 4 members (excludes halogenated alkanes) is 18. The van der Waals surface area contributed by atoms with E-state index >= 15 is 0 Å². The van der Waals surface area contributed by atoms with Crippen LogP contribution in [-0.2, 0) is 6.42 Å². The Morgan fingerprint density at radius 2 is 0.809 bits per heavy atom. The lowest BCUT2D eigenvalue weighted by molar-refractivity contribution is 0.286. The molecule has 268 valence electrons. The lowest BCUT2D eigenvalue weighted by Crippen LogP contribution is -2.02. The molecular weight excluding hydrogens is 576 g/mol. The zero-order chi connectivity index (χ0) is 33.7. The molecule has 1 N–H and O–H groups in total. The summed E-state index contributed by atoms with van der Waals surface area (Å²) in [6.45, 7) is 6.13. The van der Waals surface area contributed by atoms with Crippen LogP contribution < -0.4 is 9.47 Å². The Balaban J connectivity index is 2.07. The normalized spacial score (nSPS) is 12.1. The molecule has 0 radical (unpaired) electrons. The van der Waals surface area contributed by atoms with E-state index in [9.17, 15) is 5.11 Å². The van der Waals surface area contributed by atoms with Gasteiger partial charge in [-0.05, 0) is 101 Å². The average Bonchev–Trinajstić information content (AvgIpc) is 3.07. The Hall–Kier alpha value is -2.26. The molecule has 0 aliphatic carbocycles. The van der Waals surface area contributed by atoms with Gasteiger partial charge < -0.3 is 14.6 Å². The Bertz CT molecular complexity index is 844. The average molecular weight is 651 g/mol. The fraction of sp³-hybridized carbons (Fsp3) is 0.682. The number of ether oxygens (including phenoxy) is 2. The van der Waals surface area contributed by atoms with Crippen LogP contribution in [0, 0.1) is 0 Å². The minimum Gasteiger partial charge on any atom is -0.493 e. The summed E-state index contributed by atoms with van der Waals surface area (Å²) in [5.74, 6) is 1.73. The third-order valence-corrected chi connectivity index (χ3v) is 8.57. The van der Waals surface area contributed by atoms with Gasteiger partial charge in [0.2, 0.25) is 0 Å². The van der Waals surface area contributed by atoms with Crippen molar-refractivity contribution < 1.29 is 14.6 Å². The number of aliphatic hydroxyl groups excluding tert-OH is 1. The highest BCUT2D eigenvalue weighted by molar-refractivity contribution is 5.38. The standard InChI is InChI=1S/C44H74O3/c1-3-5-7-9-11-13-15-17-19-21-23-25-27-29-31-33-37-46-43-39-42(35-36-45)40-44(41-43)47-38-34-32-30-28-26-24-22-20-18-16-14-12-10-8-6-4-2/h11-14,17-20,39-41,45H,3-10,15-16,21-38H2,1-2H3. The van der Waals surface area contributed by atoms with Gasteiger partial charge in [-0.15, -0.1) is 0 Å². The third-order valence-electron chi connectivity index (χ3n) is 8.57. The van der Waals surface area contributed by atoms with Crippen molar-refractivity contribution in [1.82, 2.24) is 0 Å². The van der Waals surface area contributed by atoms with Crippen LogP contribution in [0.2, 0.25) is 0 Å². The molecule has 0 aromatic heterocycles. The van der Waals surface area contributed by atoms with Gasteiger partial charge in [-0.3, -0.25) is 0 Å². The fourth-order valence-electron chi connectivity index (χ4n) is 5.63. The van der Waals surface area contributed by atoms with Crippen LogP contribution >= 0.6 is 0 Å². The van der Waals surface area contributed by atoms with E-state index in [1.807, 2.05) is 6.07 Å². The summed E-state index contributed by atoms with van der Waals surface area (Å²) < 4.78 is 12.2. The first-order chi connectivity index (χ1) is 23.3. The monoisotopic (exact) mass is 651 g/mol. The minimum absolute atomic E-state index is 0.140. The molecule has 0 bridgehead atoms. The van der Waals surface area contributed by atoms with Crippen LogP contribution in [0.25, 0.3) is 0 Å². The summed E-state index contributed by atoms with van der Waals surface area (Å²) in [5, 5.41) is 9.47. The quantitative estimate of drug-likeness (QED) is 0.0596. The molecule has 0 aliphatic rings. The molecule has 1 rings (SSSR count). The maximum Gasteiger partial charge on any atom is 0.123 e. The highest BCUT2D eigenvalue weighted by atomic mass is 16.5. The van der Waals surface area contributed by atoms with Crippen molar-refractivity contribution in [2.45, 2.75) is 174 Å². The van der Waals surface area contributed by atoms with Gasteiger partial charge in [0.1, 0.15) is 11.5 Å². The summed E-state index contributed by atoms with van der Waals surface area (Å²) in [6.07, 6.45) is 49.2. The summed E-state index contributed by atoms with van der Waals surface area (Å²) in [6, 6.07) is 6.13. The Morgan fingerprint density at radius 3 is 1.19 bits per heavy atom. The minimum atomic E-state index is 0.140. The summed E-state index contributed by atoms with van der Waals surface area (Å²) in [5.41, 5.74) is 1.08. The van der Waals surface area contributed by atoms with Crippen LogP contribution in [0.1, 0.15) is 174 Å². The van der Waals surface area contributed by atoms with E-state index in [-0.39, 0.29) is 6.61 Å². The van der Waals surface area contributed by atoms with E-state index < -0.39 is 0 Å². The Kier molecular flexibility index (Phi) is 31.9. The molecule has 3 heteroatoms. The molecule has 0 atom stereocenters. The van der Waals surface area contributed by atoms with E-state index in [1.54, 1.807) is 0 Å². The SMILES string of the molecule is CCCCCC=CCC=CCCCCCCCCOc1cc(CCO)cc(OCCCCCCCCC=CCC=CCCCCC)c1. The zero-order valence-corrected chi connectivity index (χ0v) is 30.9. The maximum atomic E-state index is 9.47. The van der Waals surface area contributed by atoms with Gasteiger partial charge in [-0.25, -0.2) is 0 Å². The molecule has 0 spiro atoms. The largest absolute Gasteiger partial charge is 0.493 e. The molecular formula is C44H74O3. The third kappa shape index (κ3) is 29.6. The van der Waals surface area contributed by atoms with Gasteiger partial charge in [0.05, 0.1) is 13.2 Å². The van der Waals surface area contributed by atoms with Crippen LogP contribution in [-0.4, -0.2) is 24.9 Å². The zero-order valence-electron chi connectivity index (χ0n) is 30.9. The lowest BCUT2D eigenvalue weighted by atomic mass is 10.1. The molecule has 1 aromatic carbocycles. The second kappa shape index (κ2) is 35.1. The van der Waals surface area contributed by atoms with Crippen LogP contribution in [0.4, 0.5) is 0 Å². The first kappa shape index (κ1) is 42.8. The van der Waals surface area contributed by atoms with Gasteiger partial charge in [0, 0.05) is 12.7 Å². The van der Waals surface area contributed by atoms with Crippen molar-refractivity contribution in [2.75, 3.05) is 19.8 Å². The molecule has 3 nitrogen and oxygen atoms in total. The number of hydrogen-bond acceptors (Lipinski definition) is 3. The molecule has 0 unspecified atom stereocenters. The van der Waals surface area contributed by atoms with E-state index in [2.05, 4.69) is 74.6 Å². The summed E-state index contributed by atoms with van der Waals surface area (Å²) in [4.78, 5) is 0. The molecule has 0 amide bonds. The van der Waals surface area contributed by atoms with Crippen LogP contribution in [0.5, 0.6) is 11.5 Å². The van der Waals surface area contributed by atoms with Gasteiger partial charge in [0.25, 0.3) is 0 Å². The highest BCUT2D eigenvalue weighted by Gasteiger charge is 2.04. The van der Waals surface area contributed by atoms with Crippen LogP contribution in [0.15, 0.2) is 66.8 Å². The second-order valence-corrected chi connectivity index (χ2v) is 13.2. The van der Waals surface area contributed by atoms with Crippen molar-refractivity contribution in [1.29, 1.82) is 0 Å². The number of hydrogen-bond donors (Lipinski definition) is 1. The molecule has 0 saturated heterocycles. The molecule has 0 saturated carbocycles. The topological polar surface area (TPSA) is 38.7 Å². The van der Waals surface area contributed by atoms with Crippen molar-refractivity contribution >= 4 is 0 Å². The van der Waals surface area contributed by atoms with Crippen molar-refractivity contribution in [3.63, 3.8) is 0 Å². The van der Waals surface area contributed by atoms with Gasteiger partial charge in [0.15, 0.2) is 0 Å². The van der Waals surface area contributed by atoms with Gasteiger partial charge in [-0.2, -0.15) is 0 Å². The predicted molar refractivity (Wildman–Crippen MR) is 207 cm³/mol. The fourth-order valence-corrected chi connectivity index (χ4v) is 5.63. The number of benzene rings is 1. The summed E-state index contributed by atoms with van der Waals surface area (Å²) >= 11 is 0. The molecule has 1 aromatic rings. The van der Waals surface area contributed by atoms with Crippen molar-refractivity contribution in [2.24, 2.45) is 0 Å².